The maximum atomic E-state index is 11.9. The average Bonchev–Trinajstić information content (AvgIpc) is 2.85. The maximum absolute atomic E-state index is 11.9. The fourth-order valence-electron chi connectivity index (χ4n) is 1.93. The molecule has 2 aromatic rings. The number of hydrogen-bond acceptors (Lipinski definition) is 7. The molecule has 0 aliphatic carbocycles. The Bertz CT molecular complexity index is 797. The van der Waals surface area contributed by atoms with Crippen molar-refractivity contribution in [2.45, 2.75) is 13.8 Å². The predicted molar refractivity (Wildman–Crippen MR) is 83.0 cm³/mol. The number of anilines is 1. The number of carbonyl (C=O) groups is 2. The number of nitro benzene ring substituents is 1. The minimum Gasteiger partial charge on any atom is -0.452 e. The quantitative estimate of drug-likeness (QED) is 0.497. The van der Waals surface area contributed by atoms with E-state index in [9.17, 15) is 19.7 Å². The van der Waals surface area contributed by atoms with Crippen LogP contribution in [0.1, 0.15) is 21.8 Å². The maximum Gasteiger partial charge on any atom is 0.344 e. The van der Waals surface area contributed by atoms with Crippen LogP contribution in [-0.2, 0) is 9.53 Å². The number of hydrogen-bond donors (Lipinski definition) is 1. The van der Waals surface area contributed by atoms with E-state index in [1.165, 1.54) is 19.1 Å². The Labute approximate surface area is 140 Å². The van der Waals surface area contributed by atoms with Crippen molar-refractivity contribution in [3.8, 4) is 0 Å². The largest absolute Gasteiger partial charge is 0.452 e. The molecule has 1 aromatic heterocycles. The van der Waals surface area contributed by atoms with Crippen molar-refractivity contribution in [1.29, 1.82) is 0 Å². The zero-order chi connectivity index (χ0) is 17.9. The number of aromatic nitrogens is 1. The van der Waals surface area contributed by atoms with Crippen LogP contribution in [0.5, 0.6) is 0 Å². The van der Waals surface area contributed by atoms with Crippen molar-refractivity contribution in [1.82, 2.24) is 5.16 Å². The molecule has 2 rings (SSSR count). The van der Waals surface area contributed by atoms with Crippen LogP contribution in [0.2, 0.25) is 5.02 Å². The van der Waals surface area contributed by atoms with E-state index in [2.05, 4.69) is 10.5 Å². The average molecular weight is 354 g/mol. The number of carbonyl (C=O) groups excluding carboxylic acids is 2. The first-order chi connectivity index (χ1) is 11.3. The van der Waals surface area contributed by atoms with Crippen molar-refractivity contribution in [2.75, 3.05) is 11.9 Å². The highest BCUT2D eigenvalue weighted by atomic mass is 35.5. The topological polar surface area (TPSA) is 125 Å². The number of rotatable bonds is 5. The summed E-state index contributed by atoms with van der Waals surface area (Å²) in [5.74, 6) is -1.24. The smallest absolute Gasteiger partial charge is 0.344 e. The summed E-state index contributed by atoms with van der Waals surface area (Å²) in [5, 5.41) is 17.0. The molecule has 24 heavy (non-hydrogen) atoms. The molecule has 10 heteroatoms. The van der Waals surface area contributed by atoms with Gasteiger partial charge in [0.15, 0.2) is 6.61 Å². The lowest BCUT2D eigenvalue weighted by atomic mass is 10.2. The Balaban J connectivity index is 2.02. The monoisotopic (exact) mass is 353 g/mol. The van der Waals surface area contributed by atoms with E-state index in [4.69, 9.17) is 20.9 Å². The molecule has 1 heterocycles. The molecule has 0 radical (unpaired) electrons. The summed E-state index contributed by atoms with van der Waals surface area (Å²) >= 11 is 5.69. The van der Waals surface area contributed by atoms with Crippen LogP contribution in [0.4, 0.5) is 11.4 Å². The molecule has 0 atom stereocenters. The number of nitro groups is 1. The summed E-state index contributed by atoms with van der Waals surface area (Å²) in [6, 6.07) is 3.78. The zero-order valence-corrected chi connectivity index (χ0v) is 13.4. The Morgan fingerprint density at radius 2 is 2.12 bits per heavy atom. The van der Waals surface area contributed by atoms with E-state index >= 15 is 0 Å². The number of esters is 1. The Kier molecular flexibility index (Phi) is 5.14. The molecule has 0 spiro atoms. The second kappa shape index (κ2) is 7.09. The van der Waals surface area contributed by atoms with Gasteiger partial charge in [-0.05, 0) is 26.0 Å². The van der Waals surface area contributed by atoms with Gasteiger partial charge in [0.25, 0.3) is 11.6 Å². The number of benzene rings is 1. The Morgan fingerprint density at radius 1 is 1.42 bits per heavy atom. The number of halogens is 1. The Hall–Kier alpha value is -2.94. The van der Waals surface area contributed by atoms with Gasteiger partial charge in [0.1, 0.15) is 17.0 Å². The summed E-state index contributed by atoms with van der Waals surface area (Å²) in [6.45, 7) is 2.47. The van der Waals surface area contributed by atoms with Crippen LogP contribution in [0.25, 0.3) is 0 Å². The molecule has 0 bridgehead atoms. The zero-order valence-electron chi connectivity index (χ0n) is 12.7. The van der Waals surface area contributed by atoms with Crippen LogP contribution in [-0.4, -0.2) is 28.6 Å². The van der Waals surface area contributed by atoms with Gasteiger partial charge in [0.2, 0.25) is 0 Å². The SMILES string of the molecule is Cc1noc(C)c1C(=O)OCC(=O)Nc1ccc(Cl)cc1[N+](=O)[O-]. The molecular weight excluding hydrogens is 342 g/mol. The van der Waals surface area contributed by atoms with Gasteiger partial charge in [-0.1, -0.05) is 16.8 Å². The van der Waals surface area contributed by atoms with Crippen LogP contribution >= 0.6 is 11.6 Å². The molecule has 0 saturated carbocycles. The van der Waals surface area contributed by atoms with Gasteiger partial charge < -0.3 is 14.6 Å². The molecule has 0 aliphatic rings. The van der Waals surface area contributed by atoms with E-state index in [1.54, 1.807) is 6.92 Å². The summed E-state index contributed by atoms with van der Waals surface area (Å²) in [7, 11) is 0. The van der Waals surface area contributed by atoms with E-state index in [-0.39, 0.29) is 27.7 Å². The highest BCUT2D eigenvalue weighted by molar-refractivity contribution is 6.31. The Morgan fingerprint density at radius 3 is 2.71 bits per heavy atom. The molecule has 9 nitrogen and oxygen atoms in total. The van der Waals surface area contributed by atoms with Crippen molar-refractivity contribution in [3.05, 3.63) is 50.4 Å². The van der Waals surface area contributed by atoms with Gasteiger partial charge in [-0.2, -0.15) is 0 Å². The third-order valence-corrected chi connectivity index (χ3v) is 3.24. The van der Waals surface area contributed by atoms with Crippen LogP contribution in [0, 0.1) is 24.0 Å². The third-order valence-electron chi connectivity index (χ3n) is 3.00. The van der Waals surface area contributed by atoms with Crippen molar-refractivity contribution < 1.29 is 23.8 Å². The van der Waals surface area contributed by atoms with Gasteiger partial charge >= 0.3 is 5.97 Å². The molecule has 1 N–H and O–H groups in total. The van der Waals surface area contributed by atoms with Gasteiger partial charge in [-0.15, -0.1) is 0 Å². The van der Waals surface area contributed by atoms with E-state index in [0.29, 0.717) is 5.69 Å². The highest BCUT2D eigenvalue weighted by Gasteiger charge is 2.21. The van der Waals surface area contributed by atoms with Gasteiger partial charge in [0, 0.05) is 11.1 Å². The van der Waals surface area contributed by atoms with Crippen molar-refractivity contribution >= 4 is 34.9 Å². The standard InChI is InChI=1S/C14H12ClN3O6/c1-7-13(8(2)24-17-7)14(20)23-6-12(19)16-10-4-3-9(15)5-11(10)18(21)22/h3-5H,6H2,1-2H3,(H,16,19). The molecule has 1 aromatic carbocycles. The first-order valence-electron chi connectivity index (χ1n) is 6.63. The molecule has 0 unspecified atom stereocenters. The number of ether oxygens (including phenoxy) is 1. The summed E-state index contributed by atoms with van der Waals surface area (Å²) in [5.41, 5.74) is 0.0576. The van der Waals surface area contributed by atoms with Crippen LogP contribution in [0.3, 0.4) is 0 Å². The first-order valence-corrected chi connectivity index (χ1v) is 7.01. The molecule has 1 amide bonds. The molecule has 0 fully saturated rings. The summed E-state index contributed by atoms with van der Waals surface area (Å²) in [4.78, 5) is 34.0. The number of aryl methyl sites for hydroxylation is 2. The molecular formula is C14H12ClN3O6. The lowest BCUT2D eigenvalue weighted by Gasteiger charge is -2.07. The fraction of sp³-hybridized carbons (Fsp3) is 0.214. The second-order valence-corrected chi connectivity index (χ2v) is 5.18. The van der Waals surface area contributed by atoms with Gasteiger partial charge in [0.05, 0.1) is 10.6 Å². The van der Waals surface area contributed by atoms with Gasteiger partial charge in [-0.25, -0.2) is 4.79 Å². The summed E-state index contributed by atoms with van der Waals surface area (Å²) < 4.78 is 9.69. The van der Waals surface area contributed by atoms with Crippen LogP contribution in [0.15, 0.2) is 22.7 Å². The highest BCUT2D eigenvalue weighted by Crippen LogP contribution is 2.27. The normalized spacial score (nSPS) is 10.3. The first kappa shape index (κ1) is 17.4. The predicted octanol–water partition coefficient (Wildman–Crippen LogP) is 2.65. The van der Waals surface area contributed by atoms with E-state index < -0.39 is 23.4 Å². The van der Waals surface area contributed by atoms with Crippen molar-refractivity contribution in [3.63, 3.8) is 0 Å². The van der Waals surface area contributed by atoms with Crippen LogP contribution < -0.4 is 5.32 Å². The number of amides is 1. The molecule has 126 valence electrons. The van der Waals surface area contributed by atoms with E-state index in [1.807, 2.05) is 0 Å². The number of nitrogens with zero attached hydrogens (tertiary/aromatic N) is 2. The van der Waals surface area contributed by atoms with Gasteiger partial charge in [-0.3, -0.25) is 14.9 Å². The number of nitrogens with one attached hydrogen (secondary N) is 1. The second-order valence-electron chi connectivity index (χ2n) is 4.74. The minimum atomic E-state index is -0.771. The molecule has 0 aliphatic heterocycles. The van der Waals surface area contributed by atoms with E-state index in [0.717, 1.165) is 6.07 Å². The summed E-state index contributed by atoms with van der Waals surface area (Å²) in [6.07, 6.45) is 0. The van der Waals surface area contributed by atoms with Crippen molar-refractivity contribution in [2.24, 2.45) is 0 Å². The lowest BCUT2D eigenvalue weighted by Crippen LogP contribution is -2.21. The fourth-order valence-corrected chi connectivity index (χ4v) is 2.09. The minimum absolute atomic E-state index is 0.0530. The lowest BCUT2D eigenvalue weighted by molar-refractivity contribution is -0.383. The third kappa shape index (κ3) is 3.87. The molecule has 0 saturated heterocycles.